The molecule has 9 nitrogen and oxygen atoms in total. The zero-order chi connectivity index (χ0) is 24.8. The highest BCUT2D eigenvalue weighted by molar-refractivity contribution is 7.98. The number of ether oxygens (including phenoxy) is 3. The SMILES string of the molecule is COc1ccc(-c2noc(CSc3nc4ccccc4c(=O)n3CCCOC(C)C)n2)cc1OC. The Morgan fingerprint density at radius 2 is 1.86 bits per heavy atom. The largest absolute Gasteiger partial charge is 0.493 e. The molecule has 35 heavy (non-hydrogen) atoms. The van der Waals surface area contributed by atoms with Crippen LogP contribution in [0.1, 0.15) is 26.2 Å². The zero-order valence-corrected chi connectivity index (χ0v) is 21.0. The van der Waals surface area contributed by atoms with E-state index in [-0.39, 0.29) is 11.7 Å². The Labute approximate surface area is 207 Å². The Morgan fingerprint density at radius 3 is 2.63 bits per heavy atom. The number of hydrogen-bond acceptors (Lipinski definition) is 9. The molecule has 4 aromatic rings. The van der Waals surface area contributed by atoms with E-state index < -0.39 is 0 Å². The molecule has 0 aliphatic rings. The highest BCUT2D eigenvalue weighted by atomic mass is 32.2. The molecule has 0 radical (unpaired) electrons. The first-order valence-corrected chi connectivity index (χ1v) is 12.3. The maximum absolute atomic E-state index is 13.2. The molecule has 4 rings (SSSR count). The summed E-state index contributed by atoms with van der Waals surface area (Å²) in [5.74, 6) is 2.44. The van der Waals surface area contributed by atoms with Crippen molar-refractivity contribution in [2.24, 2.45) is 0 Å². The number of methoxy groups -OCH3 is 2. The van der Waals surface area contributed by atoms with Crippen LogP contribution in [0, 0.1) is 0 Å². The Balaban J connectivity index is 1.54. The van der Waals surface area contributed by atoms with Gasteiger partial charge in [-0.05, 0) is 50.6 Å². The highest BCUT2D eigenvalue weighted by Crippen LogP contribution is 2.31. The van der Waals surface area contributed by atoms with Crippen molar-refractivity contribution < 1.29 is 18.7 Å². The third-order valence-electron chi connectivity index (χ3n) is 5.24. The molecule has 0 N–H and O–H groups in total. The first-order chi connectivity index (χ1) is 17.0. The molecule has 0 spiro atoms. The van der Waals surface area contributed by atoms with Gasteiger partial charge in [-0.2, -0.15) is 4.98 Å². The van der Waals surface area contributed by atoms with Crippen LogP contribution in [-0.2, 0) is 17.0 Å². The lowest BCUT2D eigenvalue weighted by Crippen LogP contribution is -2.24. The standard InChI is InChI=1S/C25H28N4O5S/c1-16(2)33-13-7-12-29-24(30)18-8-5-6-9-19(18)26-25(29)35-15-22-27-23(28-34-22)17-10-11-20(31-3)21(14-17)32-4/h5-6,8-11,14,16H,7,12-13,15H2,1-4H3. The van der Waals surface area contributed by atoms with Crippen molar-refractivity contribution >= 4 is 22.7 Å². The molecule has 0 aliphatic heterocycles. The molecular formula is C25H28N4O5S. The van der Waals surface area contributed by atoms with Gasteiger partial charge in [-0.15, -0.1) is 0 Å². The quantitative estimate of drug-likeness (QED) is 0.168. The van der Waals surface area contributed by atoms with Crippen LogP contribution in [0.3, 0.4) is 0 Å². The van der Waals surface area contributed by atoms with E-state index in [0.29, 0.717) is 64.6 Å². The molecule has 2 aromatic carbocycles. The van der Waals surface area contributed by atoms with Crippen molar-refractivity contribution in [1.29, 1.82) is 0 Å². The van der Waals surface area contributed by atoms with Crippen LogP contribution in [0.4, 0.5) is 0 Å². The number of para-hydroxylation sites is 1. The molecule has 0 unspecified atom stereocenters. The zero-order valence-electron chi connectivity index (χ0n) is 20.2. The van der Waals surface area contributed by atoms with Crippen molar-refractivity contribution in [3.8, 4) is 22.9 Å². The Hall–Kier alpha value is -3.37. The van der Waals surface area contributed by atoms with Crippen molar-refractivity contribution in [2.75, 3.05) is 20.8 Å². The summed E-state index contributed by atoms with van der Waals surface area (Å²) < 4.78 is 23.4. The van der Waals surface area contributed by atoms with Gasteiger partial charge in [0.25, 0.3) is 5.56 Å². The molecule has 0 amide bonds. The number of hydrogen-bond donors (Lipinski definition) is 0. The fraction of sp³-hybridized carbons (Fsp3) is 0.360. The number of rotatable bonds is 11. The molecule has 2 aromatic heterocycles. The fourth-order valence-corrected chi connectivity index (χ4v) is 4.39. The Morgan fingerprint density at radius 1 is 1.06 bits per heavy atom. The summed E-state index contributed by atoms with van der Waals surface area (Å²) in [6, 6.07) is 12.8. The summed E-state index contributed by atoms with van der Waals surface area (Å²) in [6.45, 7) is 5.06. The molecule has 184 valence electrons. The highest BCUT2D eigenvalue weighted by Gasteiger charge is 2.16. The van der Waals surface area contributed by atoms with Gasteiger partial charge in [0, 0.05) is 18.7 Å². The molecule has 0 atom stereocenters. The second-order valence-electron chi connectivity index (χ2n) is 8.01. The van der Waals surface area contributed by atoms with E-state index in [4.69, 9.17) is 23.7 Å². The fourth-order valence-electron chi connectivity index (χ4n) is 3.53. The summed E-state index contributed by atoms with van der Waals surface area (Å²) in [7, 11) is 3.16. The normalized spacial score (nSPS) is 11.3. The Bertz CT molecular complexity index is 1350. The second-order valence-corrected chi connectivity index (χ2v) is 8.95. The summed E-state index contributed by atoms with van der Waals surface area (Å²) in [5.41, 5.74) is 1.33. The van der Waals surface area contributed by atoms with Crippen LogP contribution in [0.2, 0.25) is 0 Å². The number of aromatic nitrogens is 4. The summed E-state index contributed by atoms with van der Waals surface area (Å²) in [5, 5.41) is 5.29. The van der Waals surface area contributed by atoms with Crippen molar-refractivity contribution in [3.05, 3.63) is 58.7 Å². The second kappa shape index (κ2) is 11.4. The predicted octanol–water partition coefficient (Wildman–Crippen LogP) is 4.57. The smallest absolute Gasteiger partial charge is 0.262 e. The van der Waals surface area contributed by atoms with Crippen LogP contribution < -0.4 is 15.0 Å². The lowest BCUT2D eigenvalue weighted by molar-refractivity contribution is 0.0743. The molecule has 0 aliphatic carbocycles. The third-order valence-corrected chi connectivity index (χ3v) is 6.20. The van der Waals surface area contributed by atoms with E-state index >= 15 is 0 Å². The van der Waals surface area contributed by atoms with Gasteiger partial charge in [0.15, 0.2) is 16.7 Å². The molecule has 0 fully saturated rings. The molecule has 0 bridgehead atoms. The van der Waals surface area contributed by atoms with E-state index in [1.807, 2.05) is 38.1 Å². The molecule has 0 saturated carbocycles. The minimum Gasteiger partial charge on any atom is -0.493 e. The lowest BCUT2D eigenvalue weighted by Gasteiger charge is -2.13. The molecular weight excluding hydrogens is 468 g/mol. The van der Waals surface area contributed by atoms with Crippen LogP contribution in [0.15, 0.2) is 56.9 Å². The minimum atomic E-state index is -0.0702. The van der Waals surface area contributed by atoms with E-state index in [1.165, 1.54) is 11.8 Å². The van der Waals surface area contributed by atoms with Gasteiger partial charge in [0.05, 0.1) is 37.0 Å². The van der Waals surface area contributed by atoms with Crippen molar-refractivity contribution in [2.45, 2.75) is 43.8 Å². The summed E-state index contributed by atoms with van der Waals surface area (Å²) in [6.07, 6.45) is 0.850. The average Bonchev–Trinajstić information content (AvgIpc) is 3.35. The minimum absolute atomic E-state index is 0.0702. The number of benzene rings is 2. The maximum Gasteiger partial charge on any atom is 0.262 e. The first kappa shape index (κ1) is 24.7. The number of fused-ring (bicyclic) bond motifs is 1. The lowest BCUT2D eigenvalue weighted by atomic mass is 10.2. The molecule has 2 heterocycles. The monoisotopic (exact) mass is 496 g/mol. The van der Waals surface area contributed by atoms with Crippen LogP contribution >= 0.6 is 11.8 Å². The summed E-state index contributed by atoms with van der Waals surface area (Å²) >= 11 is 1.39. The predicted molar refractivity (Wildman–Crippen MR) is 134 cm³/mol. The summed E-state index contributed by atoms with van der Waals surface area (Å²) in [4.78, 5) is 22.4. The van der Waals surface area contributed by atoms with Gasteiger partial charge in [-0.3, -0.25) is 9.36 Å². The van der Waals surface area contributed by atoms with Gasteiger partial charge >= 0.3 is 0 Å². The Kier molecular flexibility index (Phi) is 8.04. The van der Waals surface area contributed by atoms with Crippen LogP contribution in [0.5, 0.6) is 11.5 Å². The van der Waals surface area contributed by atoms with E-state index in [1.54, 1.807) is 37.0 Å². The average molecular weight is 497 g/mol. The number of thioether (sulfide) groups is 1. The van der Waals surface area contributed by atoms with E-state index in [0.717, 1.165) is 5.56 Å². The molecule has 0 saturated heterocycles. The number of nitrogens with zero attached hydrogens (tertiary/aromatic N) is 4. The van der Waals surface area contributed by atoms with E-state index in [9.17, 15) is 4.79 Å². The van der Waals surface area contributed by atoms with E-state index in [2.05, 4.69) is 10.1 Å². The van der Waals surface area contributed by atoms with Crippen molar-refractivity contribution in [3.63, 3.8) is 0 Å². The third kappa shape index (κ3) is 5.83. The van der Waals surface area contributed by atoms with Gasteiger partial charge in [0.1, 0.15) is 0 Å². The van der Waals surface area contributed by atoms with Crippen LogP contribution in [0.25, 0.3) is 22.3 Å². The van der Waals surface area contributed by atoms with Gasteiger partial charge in [-0.1, -0.05) is 29.1 Å². The molecule has 10 heteroatoms. The van der Waals surface area contributed by atoms with Gasteiger partial charge < -0.3 is 18.7 Å². The topological polar surface area (TPSA) is 102 Å². The van der Waals surface area contributed by atoms with Gasteiger partial charge in [-0.25, -0.2) is 4.98 Å². The van der Waals surface area contributed by atoms with Crippen LogP contribution in [-0.4, -0.2) is 46.6 Å². The van der Waals surface area contributed by atoms with Crippen molar-refractivity contribution in [1.82, 2.24) is 19.7 Å². The van der Waals surface area contributed by atoms with Gasteiger partial charge in [0.2, 0.25) is 11.7 Å². The maximum atomic E-state index is 13.2. The first-order valence-electron chi connectivity index (χ1n) is 11.3.